The molecule has 5 atom stereocenters. The third-order valence-electron chi connectivity index (χ3n) is 5.85. The summed E-state index contributed by atoms with van der Waals surface area (Å²) < 4.78 is 1.72. The van der Waals surface area contributed by atoms with Crippen LogP contribution in [-0.2, 0) is 5.60 Å². The summed E-state index contributed by atoms with van der Waals surface area (Å²) >= 11 is 12.1. The summed E-state index contributed by atoms with van der Waals surface area (Å²) in [7, 11) is 0. The highest BCUT2D eigenvalue weighted by Gasteiger charge is 2.51. The summed E-state index contributed by atoms with van der Waals surface area (Å²) in [5, 5.41) is 43.2. The van der Waals surface area contributed by atoms with E-state index in [2.05, 4.69) is 9.97 Å². The molecule has 0 aliphatic heterocycles. The zero-order valence-corrected chi connectivity index (χ0v) is 18.1. The third kappa shape index (κ3) is 3.62. The Morgan fingerprint density at radius 3 is 2.53 bits per heavy atom. The fourth-order valence-electron chi connectivity index (χ4n) is 4.20. The molecular weight excluding hydrogens is 455 g/mol. The van der Waals surface area contributed by atoms with Gasteiger partial charge in [0, 0.05) is 12.1 Å². The van der Waals surface area contributed by atoms with Crippen LogP contribution in [0.3, 0.4) is 0 Å². The van der Waals surface area contributed by atoms with Gasteiger partial charge in [-0.1, -0.05) is 29.3 Å². The van der Waals surface area contributed by atoms with Crippen LogP contribution in [0, 0.1) is 5.92 Å². The van der Waals surface area contributed by atoms with Crippen molar-refractivity contribution in [3.05, 3.63) is 52.4 Å². The van der Waals surface area contributed by atoms with Crippen molar-refractivity contribution in [1.82, 2.24) is 14.5 Å². The van der Waals surface area contributed by atoms with Crippen LogP contribution in [0.25, 0.3) is 11.0 Å². The molecule has 11 heteroatoms. The van der Waals surface area contributed by atoms with E-state index in [-0.39, 0.29) is 24.6 Å². The smallest absolute Gasteiger partial charge is 0.162 e. The normalized spacial score (nSPS) is 25.7. The molecule has 1 aliphatic rings. The van der Waals surface area contributed by atoms with Gasteiger partial charge in [0.05, 0.1) is 33.2 Å². The van der Waals surface area contributed by atoms with E-state index in [1.54, 1.807) is 42.0 Å². The number of aliphatic hydroxyl groups excluding tert-OH is 2. The Morgan fingerprint density at radius 2 is 1.87 bits per heavy atom. The summed E-state index contributed by atoms with van der Waals surface area (Å²) in [5.41, 5.74) is 1.54. The lowest BCUT2D eigenvalue weighted by atomic mass is 9.80. The number of fused-ring (bicyclic) bond motifs is 1. The SMILES string of the molecule is C[C@@](O)(c1ccc(Cl)c(Cl)c1)[C@H]1C[C@@H](n2ccc3c(NO)ncnc32)[C@H](O)[C@@H]1O.Cl. The Balaban J connectivity index is 0.00000256. The molecule has 4 rings (SSSR count). The van der Waals surface area contributed by atoms with Gasteiger partial charge in [-0.05, 0) is 37.1 Å². The van der Waals surface area contributed by atoms with Crippen LogP contribution in [0.5, 0.6) is 0 Å². The Kier molecular flexibility index (Phi) is 6.50. The predicted molar refractivity (Wildman–Crippen MR) is 115 cm³/mol. The second-order valence-electron chi connectivity index (χ2n) is 7.46. The number of nitrogens with zero attached hydrogens (tertiary/aromatic N) is 3. The van der Waals surface area contributed by atoms with E-state index in [1.165, 1.54) is 6.33 Å². The van der Waals surface area contributed by atoms with Crippen LogP contribution in [0.15, 0.2) is 36.8 Å². The zero-order valence-electron chi connectivity index (χ0n) is 15.8. The average molecular weight is 476 g/mol. The van der Waals surface area contributed by atoms with Gasteiger partial charge >= 0.3 is 0 Å². The highest BCUT2D eigenvalue weighted by atomic mass is 35.5. The largest absolute Gasteiger partial charge is 0.390 e. The highest BCUT2D eigenvalue weighted by molar-refractivity contribution is 6.42. The van der Waals surface area contributed by atoms with Gasteiger partial charge in [0.25, 0.3) is 0 Å². The first-order chi connectivity index (χ1) is 13.8. The van der Waals surface area contributed by atoms with Gasteiger partial charge in [-0.3, -0.25) is 10.7 Å². The van der Waals surface area contributed by atoms with Crippen molar-refractivity contribution in [3.63, 3.8) is 0 Å². The monoisotopic (exact) mass is 474 g/mol. The Hall–Kier alpha value is -1.65. The lowest BCUT2D eigenvalue weighted by molar-refractivity contribution is -0.0751. The fraction of sp³-hybridized carbons (Fsp3) is 0.368. The van der Waals surface area contributed by atoms with E-state index in [4.69, 9.17) is 23.2 Å². The molecule has 8 nitrogen and oxygen atoms in total. The van der Waals surface area contributed by atoms with E-state index in [0.29, 0.717) is 26.6 Å². The van der Waals surface area contributed by atoms with Gasteiger partial charge in [-0.25, -0.2) is 9.97 Å². The van der Waals surface area contributed by atoms with Crippen LogP contribution in [-0.4, -0.2) is 47.3 Å². The number of hydrogen-bond donors (Lipinski definition) is 5. The second-order valence-corrected chi connectivity index (χ2v) is 8.28. The van der Waals surface area contributed by atoms with E-state index in [1.807, 2.05) is 5.48 Å². The van der Waals surface area contributed by atoms with Gasteiger partial charge in [0.2, 0.25) is 0 Å². The molecule has 0 unspecified atom stereocenters. The maximum Gasteiger partial charge on any atom is 0.162 e. The van der Waals surface area contributed by atoms with Crippen molar-refractivity contribution in [2.45, 2.75) is 37.2 Å². The molecule has 0 amide bonds. The Labute approximate surface area is 188 Å². The minimum Gasteiger partial charge on any atom is -0.390 e. The van der Waals surface area contributed by atoms with Crippen LogP contribution in [0.2, 0.25) is 10.0 Å². The minimum atomic E-state index is -1.46. The Bertz CT molecular complexity index is 1060. The highest BCUT2D eigenvalue weighted by Crippen LogP contribution is 2.46. The molecule has 1 fully saturated rings. The lowest BCUT2D eigenvalue weighted by Gasteiger charge is -2.33. The van der Waals surface area contributed by atoms with Crippen molar-refractivity contribution in [1.29, 1.82) is 0 Å². The second kappa shape index (κ2) is 8.47. The predicted octanol–water partition coefficient (Wildman–Crippen LogP) is 3.15. The maximum atomic E-state index is 11.2. The lowest BCUT2D eigenvalue weighted by Crippen LogP contribution is -2.40. The molecule has 2 heterocycles. The molecule has 3 aromatic rings. The minimum absolute atomic E-state index is 0. The molecule has 1 aromatic carbocycles. The van der Waals surface area contributed by atoms with E-state index < -0.39 is 29.8 Å². The van der Waals surface area contributed by atoms with Gasteiger partial charge in [-0.15, -0.1) is 12.4 Å². The Morgan fingerprint density at radius 1 is 1.13 bits per heavy atom. The van der Waals surface area contributed by atoms with Crippen LogP contribution in [0.1, 0.15) is 24.9 Å². The number of anilines is 1. The van der Waals surface area contributed by atoms with Gasteiger partial charge in [-0.2, -0.15) is 0 Å². The van der Waals surface area contributed by atoms with Crippen molar-refractivity contribution in [2.75, 3.05) is 5.48 Å². The van der Waals surface area contributed by atoms with E-state index in [9.17, 15) is 20.5 Å². The topological polar surface area (TPSA) is 124 Å². The summed E-state index contributed by atoms with van der Waals surface area (Å²) in [6, 6.07) is 5.97. The molecule has 1 saturated carbocycles. The third-order valence-corrected chi connectivity index (χ3v) is 6.59. The molecule has 0 saturated heterocycles. The van der Waals surface area contributed by atoms with E-state index in [0.717, 1.165) is 0 Å². The molecule has 162 valence electrons. The molecule has 0 bridgehead atoms. The molecule has 5 N–H and O–H groups in total. The molecule has 1 aliphatic carbocycles. The molecule has 2 aromatic heterocycles. The molecule has 0 radical (unpaired) electrons. The first-order valence-corrected chi connectivity index (χ1v) is 9.77. The summed E-state index contributed by atoms with van der Waals surface area (Å²) in [5.74, 6) is -0.435. The summed E-state index contributed by atoms with van der Waals surface area (Å²) in [6.07, 6.45) is 0.963. The number of benzene rings is 1. The van der Waals surface area contributed by atoms with Gasteiger partial charge < -0.3 is 19.9 Å². The van der Waals surface area contributed by atoms with E-state index >= 15 is 0 Å². The maximum absolute atomic E-state index is 11.2. The fourth-order valence-corrected chi connectivity index (χ4v) is 4.50. The zero-order chi connectivity index (χ0) is 20.9. The van der Waals surface area contributed by atoms with Crippen molar-refractivity contribution < 1.29 is 20.5 Å². The number of aromatic nitrogens is 3. The summed E-state index contributed by atoms with van der Waals surface area (Å²) in [6.45, 7) is 1.58. The first kappa shape index (κ1) is 23.0. The van der Waals surface area contributed by atoms with Crippen LogP contribution >= 0.6 is 35.6 Å². The summed E-state index contributed by atoms with van der Waals surface area (Å²) in [4.78, 5) is 8.18. The van der Waals surface area contributed by atoms with Gasteiger partial charge in [0.1, 0.15) is 18.1 Å². The number of nitrogens with one attached hydrogen (secondary N) is 1. The van der Waals surface area contributed by atoms with Crippen LogP contribution < -0.4 is 5.48 Å². The van der Waals surface area contributed by atoms with Gasteiger partial charge in [0.15, 0.2) is 5.82 Å². The van der Waals surface area contributed by atoms with Crippen LogP contribution in [0.4, 0.5) is 5.82 Å². The number of hydrogen-bond acceptors (Lipinski definition) is 7. The first-order valence-electron chi connectivity index (χ1n) is 9.01. The number of rotatable bonds is 4. The van der Waals surface area contributed by atoms with Crippen molar-refractivity contribution in [3.8, 4) is 0 Å². The van der Waals surface area contributed by atoms with Crippen molar-refractivity contribution >= 4 is 52.5 Å². The molecule has 0 spiro atoms. The molecule has 30 heavy (non-hydrogen) atoms. The molecular formula is C19H21Cl3N4O4. The number of halogens is 3. The average Bonchev–Trinajstić information content (AvgIpc) is 3.25. The standard InChI is InChI=1S/C19H20Cl2N4O4.ClH/c1-19(28,9-2-3-12(20)13(21)6-9)11-7-14(16(27)15(11)26)25-5-4-10-17(24-29)22-8-23-18(10)25;/h2-6,8,11,14-16,26-29H,7H2,1H3,(H,22,23,24);1H/t11-,14+,15+,16-,19+;/m0./s1. The number of aliphatic hydroxyl groups is 3. The quantitative estimate of drug-likeness (QED) is 0.367. The van der Waals surface area contributed by atoms with Crippen molar-refractivity contribution in [2.24, 2.45) is 5.92 Å².